The Labute approximate surface area is 171 Å². The summed E-state index contributed by atoms with van der Waals surface area (Å²) in [5.74, 6) is -1.77. The molecule has 3 heterocycles. The highest BCUT2D eigenvalue weighted by Gasteiger charge is 2.32. The van der Waals surface area contributed by atoms with E-state index in [0.717, 1.165) is 0 Å². The number of piperazine rings is 1. The molecule has 2 aliphatic heterocycles. The van der Waals surface area contributed by atoms with Gasteiger partial charge in [0.2, 0.25) is 0 Å². The van der Waals surface area contributed by atoms with Crippen LogP contribution in [0.1, 0.15) is 10.5 Å². The minimum absolute atomic E-state index is 0.0671. The second-order valence-corrected chi connectivity index (χ2v) is 7.05. The van der Waals surface area contributed by atoms with E-state index >= 15 is 0 Å². The molecule has 0 aliphatic carbocycles. The fourth-order valence-electron chi connectivity index (χ4n) is 3.48. The number of rotatable bonds is 2. The first-order valence-corrected chi connectivity index (χ1v) is 9.71. The summed E-state index contributed by atoms with van der Waals surface area (Å²) in [6.07, 6.45) is 0. The van der Waals surface area contributed by atoms with Crippen LogP contribution in [0, 0.1) is 5.82 Å². The van der Waals surface area contributed by atoms with Gasteiger partial charge < -0.3 is 24.0 Å². The molecule has 10 heteroatoms. The van der Waals surface area contributed by atoms with Crippen LogP contribution in [0.4, 0.5) is 4.39 Å². The van der Waals surface area contributed by atoms with Crippen molar-refractivity contribution in [2.24, 2.45) is 0 Å². The molecular formula is C20H21FN4O5. The van der Waals surface area contributed by atoms with Crippen LogP contribution >= 0.6 is 0 Å². The van der Waals surface area contributed by atoms with E-state index < -0.39 is 17.6 Å². The number of halogens is 1. The summed E-state index contributed by atoms with van der Waals surface area (Å²) >= 11 is 0. The quantitative estimate of drug-likeness (QED) is 0.666. The Morgan fingerprint density at radius 3 is 2.13 bits per heavy atom. The lowest BCUT2D eigenvalue weighted by molar-refractivity contribution is -0.154. The third-order valence-corrected chi connectivity index (χ3v) is 5.20. The van der Waals surface area contributed by atoms with Crippen molar-refractivity contribution in [1.82, 2.24) is 19.9 Å². The van der Waals surface area contributed by atoms with Crippen LogP contribution in [0.5, 0.6) is 0 Å². The van der Waals surface area contributed by atoms with Gasteiger partial charge in [0, 0.05) is 45.3 Å². The summed E-state index contributed by atoms with van der Waals surface area (Å²) in [4.78, 5) is 42.0. The van der Waals surface area contributed by atoms with Gasteiger partial charge in [0.25, 0.3) is 5.91 Å². The lowest BCUT2D eigenvalue weighted by Crippen LogP contribution is -2.55. The summed E-state index contributed by atoms with van der Waals surface area (Å²) in [6, 6.07) is 7.47. The molecule has 9 nitrogen and oxygen atoms in total. The number of morpholine rings is 1. The highest BCUT2D eigenvalue weighted by atomic mass is 19.1. The van der Waals surface area contributed by atoms with Crippen molar-refractivity contribution < 1.29 is 28.0 Å². The summed E-state index contributed by atoms with van der Waals surface area (Å²) in [5, 5.41) is 3.77. The highest BCUT2D eigenvalue weighted by Crippen LogP contribution is 2.24. The smallest absolute Gasteiger partial charge is 0.312 e. The Kier molecular flexibility index (Phi) is 5.75. The van der Waals surface area contributed by atoms with Crippen LogP contribution < -0.4 is 0 Å². The van der Waals surface area contributed by atoms with Crippen molar-refractivity contribution in [3.8, 4) is 11.3 Å². The molecule has 0 saturated carbocycles. The van der Waals surface area contributed by atoms with Crippen LogP contribution in [-0.4, -0.2) is 90.1 Å². The van der Waals surface area contributed by atoms with Crippen molar-refractivity contribution >= 4 is 17.7 Å². The first kappa shape index (κ1) is 20.0. The van der Waals surface area contributed by atoms with E-state index in [0.29, 0.717) is 26.3 Å². The van der Waals surface area contributed by atoms with Gasteiger partial charge in [-0.1, -0.05) is 17.3 Å². The van der Waals surface area contributed by atoms with Crippen LogP contribution in [-0.2, 0) is 14.3 Å². The van der Waals surface area contributed by atoms with E-state index in [-0.39, 0.29) is 49.1 Å². The number of carbonyl (C=O) groups is 3. The molecule has 2 aromatic rings. The van der Waals surface area contributed by atoms with Crippen molar-refractivity contribution in [3.05, 3.63) is 41.8 Å². The lowest BCUT2D eigenvalue weighted by Gasteiger charge is -2.35. The number of hydrogen-bond donors (Lipinski definition) is 0. The summed E-state index contributed by atoms with van der Waals surface area (Å²) < 4.78 is 24.2. The average Bonchev–Trinajstić information content (AvgIpc) is 3.28. The zero-order valence-electron chi connectivity index (χ0n) is 16.3. The van der Waals surface area contributed by atoms with Gasteiger partial charge in [-0.15, -0.1) is 0 Å². The second kappa shape index (κ2) is 8.62. The second-order valence-electron chi connectivity index (χ2n) is 7.05. The van der Waals surface area contributed by atoms with E-state index in [4.69, 9.17) is 9.26 Å². The lowest BCUT2D eigenvalue weighted by atomic mass is 10.1. The minimum atomic E-state index is -0.563. The topological polar surface area (TPSA) is 96.2 Å². The maximum Gasteiger partial charge on any atom is 0.312 e. The van der Waals surface area contributed by atoms with Gasteiger partial charge in [-0.2, -0.15) is 0 Å². The third kappa shape index (κ3) is 4.04. The Morgan fingerprint density at radius 2 is 1.47 bits per heavy atom. The number of amides is 3. The molecule has 4 rings (SSSR count). The normalized spacial score (nSPS) is 17.2. The molecule has 2 fully saturated rings. The monoisotopic (exact) mass is 416 g/mol. The van der Waals surface area contributed by atoms with E-state index in [1.54, 1.807) is 18.2 Å². The molecule has 2 aliphatic rings. The molecule has 0 unspecified atom stereocenters. The molecule has 0 atom stereocenters. The molecule has 1 aromatic heterocycles. The molecule has 0 spiro atoms. The van der Waals surface area contributed by atoms with Crippen molar-refractivity contribution in [1.29, 1.82) is 0 Å². The predicted octanol–water partition coefficient (Wildman–Crippen LogP) is 0.624. The molecule has 0 N–H and O–H groups in total. The maximum atomic E-state index is 13.9. The minimum Gasteiger partial charge on any atom is -0.378 e. The van der Waals surface area contributed by atoms with Crippen molar-refractivity contribution in [3.63, 3.8) is 0 Å². The average molecular weight is 416 g/mol. The molecule has 158 valence electrons. The number of ether oxygens (including phenoxy) is 1. The van der Waals surface area contributed by atoms with Crippen LogP contribution in [0.2, 0.25) is 0 Å². The van der Waals surface area contributed by atoms with E-state index in [1.807, 2.05) is 0 Å². The van der Waals surface area contributed by atoms with Gasteiger partial charge in [-0.25, -0.2) is 4.39 Å². The van der Waals surface area contributed by atoms with Gasteiger partial charge in [0.05, 0.1) is 18.8 Å². The Balaban J connectivity index is 1.35. The first-order valence-electron chi connectivity index (χ1n) is 9.71. The van der Waals surface area contributed by atoms with E-state index in [9.17, 15) is 18.8 Å². The molecule has 1 aromatic carbocycles. The molecule has 30 heavy (non-hydrogen) atoms. The molecule has 3 amide bonds. The molecule has 0 radical (unpaired) electrons. The van der Waals surface area contributed by atoms with Gasteiger partial charge in [0.1, 0.15) is 5.82 Å². The SMILES string of the molecule is O=C(C(=O)N1CCN(C(=O)c2cc(-c3ccccc3F)on2)CC1)N1CCOCC1. The standard InChI is InChI=1S/C20H21FN4O5/c21-15-4-2-1-3-14(15)17-13-16(22-30-17)18(26)23-5-7-24(8-6-23)19(27)20(28)25-9-11-29-12-10-25/h1-4,13H,5-12H2. The highest BCUT2D eigenvalue weighted by molar-refractivity contribution is 6.34. The summed E-state index contributed by atoms with van der Waals surface area (Å²) in [7, 11) is 0. The van der Waals surface area contributed by atoms with E-state index in [2.05, 4.69) is 5.16 Å². The molecule has 2 saturated heterocycles. The predicted molar refractivity (Wildman–Crippen MR) is 102 cm³/mol. The molecular weight excluding hydrogens is 395 g/mol. The van der Waals surface area contributed by atoms with Crippen LogP contribution in [0.3, 0.4) is 0 Å². The fraction of sp³-hybridized carbons (Fsp3) is 0.400. The summed E-state index contributed by atoms with van der Waals surface area (Å²) in [5.41, 5.74) is 0.290. The number of benzene rings is 1. The zero-order chi connectivity index (χ0) is 21.1. The largest absolute Gasteiger partial charge is 0.378 e. The Morgan fingerprint density at radius 1 is 0.867 bits per heavy atom. The Bertz CT molecular complexity index is 948. The number of nitrogens with zero attached hydrogens (tertiary/aromatic N) is 4. The van der Waals surface area contributed by atoms with Crippen molar-refractivity contribution in [2.75, 3.05) is 52.5 Å². The van der Waals surface area contributed by atoms with Gasteiger partial charge >= 0.3 is 11.8 Å². The Hall–Kier alpha value is -3.27. The first-order chi connectivity index (χ1) is 14.5. The fourth-order valence-corrected chi connectivity index (χ4v) is 3.48. The number of aromatic nitrogens is 1. The zero-order valence-corrected chi connectivity index (χ0v) is 16.3. The van der Waals surface area contributed by atoms with Gasteiger partial charge in [-0.3, -0.25) is 14.4 Å². The van der Waals surface area contributed by atoms with Gasteiger partial charge in [0.15, 0.2) is 11.5 Å². The number of carbonyl (C=O) groups excluding carboxylic acids is 3. The number of hydrogen-bond acceptors (Lipinski definition) is 6. The maximum absolute atomic E-state index is 13.9. The van der Waals surface area contributed by atoms with Crippen LogP contribution in [0.25, 0.3) is 11.3 Å². The summed E-state index contributed by atoms with van der Waals surface area (Å²) in [6.45, 7) is 2.68. The molecule has 0 bridgehead atoms. The van der Waals surface area contributed by atoms with Gasteiger partial charge in [-0.05, 0) is 12.1 Å². The van der Waals surface area contributed by atoms with Crippen molar-refractivity contribution in [2.45, 2.75) is 0 Å². The van der Waals surface area contributed by atoms with E-state index in [1.165, 1.54) is 26.8 Å². The third-order valence-electron chi connectivity index (χ3n) is 5.20. The van der Waals surface area contributed by atoms with Crippen LogP contribution in [0.15, 0.2) is 34.9 Å².